The SMILES string of the molecule is CC(C)(C)C#Cc1cc(C#C[C@H]2O[C@H](CO)[C@@H](O)[C@H](O)[C@@H]2O)c2[nH]ncc2c1. The molecule has 1 aliphatic rings. The van der Waals surface area contributed by atoms with Gasteiger partial charge in [-0.05, 0) is 32.9 Å². The van der Waals surface area contributed by atoms with Crippen molar-refractivity contribution in [3.8, 4) is 23.7 Å². The van der Waals surface area contributed by atoms with Crippen molar-refractivity contribution in [2.45, 2.75) is 51.3 Å². The van der Waals surface area contributed by atoms with E-state index in [0.717, 1.165) is 16.5 Å². The smallest absolute Gasteiger partial charge is 0.147 e. The van der Waals surface area contributed by atoms with Gasteiger partial charge in [-0.1, -0.05) is 23.7 Å². The van der Waals surface area contributed by atoms with Crippen molar-refractivity contribution in [1.82, 2.24) is 10.2 Å². The Morgan fingerprint density at radius 3 is 2.54 bits per heavy atom. The maximum atomic E-state index is 10.1. The minimum absolute atomic E-state index is 0.145. The number of fused-ring (bicyclic) bond motifs is 1. The number of ether oxygens (including phenoxy) is 1. The van der Waals surface area contributed by atoms with Crippen molar-refractivity contribution in [3.05, 3.63) is 29.5 Å². The summed E-state index contributed by atoms with van der Waals surface area (Å²) in [6.07, 6.45) is -4.63. The Hall–Kier alpha value is -2.39. The number of rotatable bonds is 1. The Kier molecular flexibility index (Phi) is 5.76. The van der Waals surface area contributed by atoms with Crippen molar-refractivity contribution in [2.75, 3.05) is 6.61 Å². The van der Waals surface area contributed by atoms with Gasteiger partial charge in [-0.2, -0.15) is 5.10 Å². The van der Waals surface area contributed by atoms with E-state index in [0.29, 0.717) is 5.56 Å². The quantitative estimate of drug-likeness (QED) is 0.447. The zero-order valence-electron chi connectivity index (χ0n) is 16.0. The summed E-state index contributed by atoms with van der Waals surface area (Å²) in [5.74, 6) is 12.0. The average Bonchev–Trinajstić information content (AvgIpc) is 3.12. The number of hydrogen-bond donors (Lipinski definition) is 5. The van der Waals surface area contributed by atoms with Gasteiger partial charge in [-0.15, -0.1) is 0 Å². The third-order valence-electron chi connectivity index (χ3n) is 4.37. The molecule has 5 atom stereocenters. The molecule has 2 aromatic rings. The Morgan fingerprint density at radius 1 is 1.11 bits per heavy atom. The van der Waals surface area contributed by atoms with Crippen LogP contribution in [0, 0.1) is 29.1 Å². The Morgan fingerprint density at radius 2 is 1.86 bits per heavy atom. The number of hydrogen-bond acceptors (Lipinski definition) is 6. The van der Waals surface area contributed by atoms with E-state index in [2.05, 4.69) is 33.9 Å². The molecule has 0 aliphatic carbocycles. The van der Waals surface area contributed by atoms with Gasteiger partial charge in [-0.3, -0.25) is 5.10 Å². The van der Waals surface area contributed by atoms with Gasteiger partial charge in [0.25, 0.3) is 0 Å². The second-order valence-corrected chi connectivity index (χ2v) is 7.88. The van der Waals surface area contributed by atoms with Gasteiger partial charge in [0.05, 0.1) is 23.9 Å². The summed E-state index contributed by atoms with van der Waals surface area (Å²) in [5.41, 5.74) is 1.97. The van der Waals surface area contributed by atoms with Gasteiger partial charge in [-0.25, -0.2) is 0 Å². The summed E-state index contributed by atoms with van der Waals surface area (Å²) in [6.45, 7) is 5.58. The van der Waals surface area contributed by atoms with Crippen LogP contribution in [0.5, 0.6) is 0 Å². The predicted octanol–water partition coefficient (Wildman–Crippen LogP) is 0.154. The fourth-order valence-corrected chi connectivity index (χ4v) is 2.86. The van der Waals surface area contributed by atoms with Crippen molar-refractivity contribution >= 4 is 10.9 Å². The summed E-state index contributed by atoms with van der Waals surface area (Å²) < 4.78 is 5.43. The molecule has 3 rings (SSSR count). The highest BCUT2D eigenvalue weighted by Gasteiger charge is 2.42. The molecule has 1 fully saturated rings. The number of nitrogens with one attached hydrogen (secondary N) is 1. The molecular formula is C21H24N2O5. The molecule has 0 amide bonds. The van der Waals surface area contributed by atoms with E-state index < -0.39 is 37.1 Å². The molecule has 7 nitrogen and oxygen atoms in total. The van der Waals surface area contributed by atoms with Crippen LogP contribution in [0.25, 0.3) is 10.9 Å². The number of H-pyrrole nitrogens is 1. The maximum absolute atomic E-state index is 10.1. The predicted molar refractivity (Wildman–Crippen MR) is 103 cm³/mol. The average molecular weight is 384 g/mol. The minimum atomic E-state index is -1.46. The van der Waals surface area contributed by atoms with Gasteiger partial charge in [0.15, 0.2) is 0 Å². The van der Waals surface area contributed by atoms with Gasteiger partial charge in [0, 0.05) is 16.4 Å². The molecule has 0 radical (unpaired) electrons. The fraction of sp³-hybridized carbons (Fsp3) is 0.476. The molecule has 0 saturated carbocycles. The van der Waals surface area contributed by atoms with Crippen LogP contribution in [-0.4, -0.2) is 67.8 Å². The third-order valence-corrected chi connectivity index (χ3v) is 4.37. The minimum Gasteiger partial charge on any atom is -0.394 e. The lowest BCUT2D eigenvalue weighted by Gasteiger charge is -2.37. The first-order valence-electron chi connectivity index (χ1n) is 9.02. The first-order valence-corrected chi connectivity index (χ1v) is 9.02. The molecule has 0 spiro atoms. The zero-order valence-corrected chi connectivity index (χ0v) is 16.0. The molecule has 5 N–H and O–H groups in total. The normalized spacial score (nSPS) is 27.6. The number of aromatic nitrogens is 2. The summed E-state index contributed by atoms with van der Waals surface area (Å²) in [5, 5.41) is 47.0. The zero-order chi connectivity index (χ0) is 20.5. The molecule has 0 unspecified atom stereocenters. The van der Waals surface area contributed by atoms with Gasteiger partial charge in [0.2, 0.25) is 0 Å². The maximum Gasteiger partial charge on any atom is 0.147 e. The van der Waals surface area contributed by atoms with Crippen LogP contribution < -0.4 is 0 Å². The molecule has 1 aromatic carbocycles. The van der Waals surface area contributed by atoms with E-state index in [9.17, 15) is 20.4 Å². The molecule has 28 heavy (non-hydrogen) atoms. The van der Waals surface area contributed by atoms with E-state index in [4.69, 9.17) is 4.74 Å². The fourth-order valence-electron chi connectivity index (χ4n) is 2.86. The number of benzene rings is 1. The van der Waals surface area contributed by atoms with E-state index in [1.165, 1.54) is 0 Å². The van der Waals surface area contributed by atoms with Crippen molar-refractivity contribution in [1.29, 1.82) is 0 Å². The summed E-state index contributed by atoms with van der Waals surface area (Å²) in [6, 6.07) is 3.73. The molecule has 7 heteroatoms. The summed E-state index contributed by atoms with van der Waals surface area (Å²) in [4.78, 5) is 0. The molecule has 1 saturated heterocycles. The van der Waals surface area contributed by atoms with E-state index >= 15 is 0 Å². The second kappa shape index (κ2) is 7.92. The second-order valence-electron chi connectivity index (χ2n) is 7.88. The lowest BCUT2D eigenvalue weighted by atomic mass is 9.95. The molecule has 148 valence electrons. The van der Waals surface area contributed by atoms with Crippen molar-refractivity contribution in [3.63, 3.8) is 0 Å². The molecule has 0 bridgehead atoms. The Balaban J connectivity index is 1.96. The van der Waals surface area contributed by atoms with Crippen LogP contribution in [0.15, 0.2) is 18.3 Å². The standard InChI is InChI=1S/C21H24N2O5/c1-21(2,3)7-6-12-8-13(17-14(9-12)10-22-23-17)4-5-15-18(25)20(27)19(26)16(11-24)28-15/h8-10,15-16,18-20,24-27H,11H2,1-3H3,(H,22,23)/t15-,16-,18-,19-,20-/m1/s1. The van der Waals surface area contributed by atoms with Gasteiger partial charge >= 0.3 is 0 Å². The number of nitrogens with zero attached hydrogens (tertiary/aromatic N) is 1. The lowest BCUT2D eigenvalue weighted by molar-refractivity contribution is -0.214. The first-order chi connectivity index (χ1) is 13.2. The van der Waals surface area contributed by atoms with Gasteiger partial charge in [0.1, 0.15) is 30.5 Å². The van der Waals surface area contributed by atoms with E-state index in [1.54, 1.807) is 6.20 Å². The van der Waals surface area contributed by atoms with Crippen molar-refractivity contribution in [2.24, 2.45) is 5.41 Å². The summed E-state index contributed by atoms with van der Waals surface area (Å²) in [7, 11) is 0. The highest BCUT2D eigenvalue weighted by atomic mass is 16.5. The van der Waals surface area contributed by atoms with Crippen molar-refractivity contribution < 1.29 is 25.2 Å². The highest BCUT2D eigenvalue weighted by molar-refractivity contribution is 5.85. The van der Waals surface area contributed by atoms with Gasteiger partial charge < -0.3 is 25.2 Å². The highest BCUT2D eigenvalue weighted by Crippen LogP contribution is 2.22. The van der Waals surface area contributed by atoms with Crippen LogP contribution in [0.2, 0.25) is 0 Å². The summed E-state index contributed by atoms with van der Waals surface area (Å²) >= 11 is 0. The van der Waals surface area contributed by atoms with Crippen LogP contribution in [0.3, 0.4) is 0 Å². The topological polar surface area (TPSA) is 119 Å². The van der Waals surface area contributed by atoms with Crippen LogP contribution in [-0.2, 0) is 4.74 Å². The van der Waals surface area contributed by atoms with Crippen LogP contribution >= 0.6 is 0 Å². The molecule has 2 heterocycles. The Labute approximate surface area is 163 Å². The number of aromatic amines is 1. The monoisotopic (exact) mass is 384 g/mol. The lowest BCUT2D eigenvalue weighted by Crippen LogP contribution is -2.58. The first kappa shape index (κ1) is 20.3. The van der Waals surface area contributed by atoms with Crippen LogP contribution in [0.1, 0.15) is 31.9 Å². The van der Waals surface area contributed by atoms with E-state index in [1.807, 2.05) is 32.9 Å². The molecule has 1 aliphatic heterocycles. The van der Waals surface area contributed by atoms with Crippen LogP contribution in [0.4, 0.5) is 0 Å². The van der Waals surface area contributed by atoms with E-state index in [-0.39, 0.29) is 5.41 Å². The molecular weight excluding hydrogens is 360 g/mol. The number of aliphatic hydroxyl groups is 4. The Bertz CT molecular complexity index is 968. The molecule has 1 aromatic heterocycles. The third kappa shape index (κ3) is 4.36. The number of aliphatic hydroxyl groups excluding tert-OH is 4. The largest absolute Gasteiger partial charge is 0.394 e.